The third-order valence-electron chi connectivity index (χ3n) is 4.73. The minimum atomic E-state index is -3.57. The number of ether oxygens (including phenoxy) is 1. The second-order valence-electron chi connectivity index (χ2n) is 6.52. The van der Waals surface area contributed by atoms with E-state index in [2.05, 4.69) is 19.6 Å². The van der Waals surface area contributed by atoms with E-state index in [0.717, 1.165) is 30.9 Å². The van der Waals surface area contributed by atoms with Gasteiger partial charge in [0.25, 0.3) is 0 Å². The third-order valence-corrected chi connectivity index (χ3v) is 6.58. The molecule has 11 heteroatoms. The normalized spacial score (nSPS) is 19.4. The Morgan fingerprint density at radius 3 is 2.41 bits per heavy atom. The zero-order chi connectivity index (χ0) is 18.9. The van der Waals surface area contributed by atoms with Gasteiger partial charge in [-0.15, -0.1) is 0 Å². The Morgan fingerprint density at radius 1 is 1.00 bits per heavy atom. The molecule has 2 aromatic rings. The van der Waals surface area contributed by atoms with Crippen LogP contribution < -0.4 is 9.80 Å². The molecule has 0 unspecified atom stereocenters. The van der Waals surface area contributed by atoms with Crippen LogP contribution in [0.25, 0.3) is 0 Å². The van der Waals surface area contributed by atoms with Gasteiger partial charge < -0.3 is 19.1 Å². The van der Waals surface area contributed by atoms with Gasteiger partial charge in [-0.1, -0.05) is 5.16 Å². The van der Waals surface area contributed by atoms with Crippen LogP contribution in [0.3, 0.4) is 0 Å². The van der Waals surface area contributed by atoms with E-state index in [1.165, 1.54) is 10.5 Å². The zero-order valence-electron chi connectivity index (χ0n) is 15.1. The predicted molar refractivity (Wildman–Crippen MR) is 97.3 cm³/mol. The average molecular weight is 394 g/mol. The molecule has 0 N–H and O–H groups in total. The van der Waals surface area contributed by atoms with Crippen molar-refractivity contribution in [2.24, 2.45) is 0 Å². The lowest BCUT2D eigenvalue weighted by molar-refractivity contribution is 0.122. The molecular formula is C16H22N6O4S. The molecule has 0 atom stereocenters. The van der Waals surface area contributed by atoms with Crippen molar-refractivity contribution < 1.29 is 17.7 Å². The molecule has 0 radical (unpaired) electrons. The molecular weight excluding hydrogens is 372 g/mol. The summed E-state index contributed by atoms with van der Waals surface area (Å²) >= 11 is 0. The van der Waals surface area contributed by atoms with Crippen molar-refractivity contribution in [1.82, 2.24) is 19.4 Å². The minimum absolute atomic E-state index is 0.0809. The van der Waals surface area contributed by atoms with Crippen molar-refractivity contribution in [3.63, 3.8) is 0 Å². The Hall–Kier alpha value is -2.24. The molecule has 0 bridgehead atoms. The maximum absolute atomic E-state index is 12.6. The summed E-state index contributed by atoms with van der Waals surface area (Å²) in [5, 5.41) is 3.48. The first-order valence-corrected chi connectivity index (χ1v) is 10.3. The molecule has 2 saturated heterocycles. The lowest BCUT2D eigenvalue weighted by Crippen LogP contribution is -2.49. The third kappa shape index (κ3) is 3.75. The minimum Gasteiger partial charge on any atom is -0.378 e. The highest BCUT2D eigenvalue weighted by atomic mass is 32.2. The van der Waals surface area contributed by atoms with E-state index in [4.69, 9.17) is 9.72 Å². The van der Waals surface area contributed by atoms with E-state index < -0.39 is 10.0 Å². The van der Waals surface area contributed by atoms with Crippen LogP contribution >= 0.6 is 0 Å². The van der Waals surface area contributed by atoms with E-state index in [9.17, 15) is 8.42 Å². The average Bonchev–Trinajstić information content (AvgIpc) is 3.24. The van der Waals surface area contributed by atoms with E-state index >= 15 is 0 Å². The van der Waals surface area contributed by atoms with Gasteiger partial charge >= 0.3 is 0 Å². The number of hydrogen-bond acceptors (Lipinski definition) is 9. The summed E-state index contributed by atoms with van der Waals surface area (Å²) in [7, 11) is -3.57. The summed E-state index contributed by atoms with van der Waals surface area (Å²) in [5.41, 5.74) is 0.890. The van der Waals surface area contributed by atoms with Gasteiger partial charge in [-0.3, -0.25) is 0 Å². The van der Waals surface area contributed by atoms with Gasteiger partial charge in [0.05, 0.1) is 19.4 Å². The lowest BCUT2D eigenvalue weighted by Gasteiger charge is -2.34. The molecule has 2 aromatic heterocycles. The molecule has 10 nitrogen and oxygen atoms in total. The van der Waals surface area contributed by atoms with Crippen LogP contribution in [0.15, 0.2) is 27.9 Å². The van der Waals surface area contributed by atoms with Crippen LogP contribution in [-0.2, 0) is 14.8 Å². The number of piperazine rings is 1. The molecule has 0 saturated carbocycles. The SMILES string of the molecule is Cc1cc(N2CCOCC2)nc(N2CCN(S(=O)(=O)c3cnoc3)CC2)n1. The topological polar surface area (TPSA) is 105 Å². The lowest BCUT2D eigenvalue weighted by atomic mass is 10.3. The fourth-order valence-corrected chi connectivity index (χ4v) is 4.52. The summed E-state index contributed by atoms with van der Waals surface area (Å²) in [6.45, 7) is 6.71. The summed E-state index contributed by atoms with van der Waals surface area (Å²) in [6, 6.07) is 1.97. The van der Waals surface area contributed by atoms with Crippen molar-refractivity contribution in [3.8, 4) is 0 Å². The van der Waals surface area contributed by atoms with Gasteiger partial charge in [0.15, 0.2) is 0 Å². The zero-order valence-corrected chi connectivity index (χ0v) is 15.9. The van der Waals surface area contributed by atoms with Gasteiger partial charge in [0, 0.05) is 51.0 Å². The van der Waals surface area contributed by atoms with Crippen molar-refractivity contribution in [3.05, 3.63) is 24.2 Å². The number of hydrogen-bond donors (Lipinski definition) is 0. The van der Waals surface area contributed by atoms with Crippen molar-refractivity contribution in [1.29, 1.82) is 0 Å². The summed E-state index contributed by atoms with van der Waals surface area (Å²) in [5.74, 6) is 1.53. The fourth-order valence-electron chi connectivity index (χ4n) is 3.23. The van der Waals surface area contributed by atoms with Crippen molar-refractivity contribution in [2.75, 3.05) is 62.3 Å². The van der Waals surface area contributed by atoms with Gasteiger partial charge in [-0.2, -0.15) is 9.29 Å². The molecule has 27 heavy (non-hydrogen) atoms. The first-order chi connectivity index (χ1) is 13.0. The molecule has 146 valence electrons. The van der Waals surface area contributed by atoms with E-state index in [1.807, 2.05) is 17.9 Å². The summed E-state index contributed by atoms with van der Waals surface area (Å²) < 4.78 is 36.6. The molecule has 0 spiro atoms. The second kappa shape index (κ2) is 7.41. The number of sulfonamides is 1. The second-order valence-corrected chi connectivity index (χ2v) is 8.46. The van der Waals surface area contributed by atoms with Gasteiger partial charge in [0.2, 0.25) is 16.0 Å². The molecule has 4 rings (SSSR count). The largest absolute Gasteiger partial charge is 0.378 e. The van der Waals surface area contributed by atoms with Crippen molar-refractivity contribution in [2.45, 2.75) is 11.8 Å². The van der Waals surface area contributed by atoms with Crippen LogP contribution in [0.4, 0.5) is 11.8 Å². The van der Waals surface area contributed by atoms with Crippen LogP contribution in [0.5, 0.6) is 0 Å². The molecule has 0 aromatic carbocycles. The Bertz CT molecular complexity index is 874. The maximum Gasteiger partial charge on any atom is 0.248 e. The van der Waals surface area contributed by atoms with Gasteiger partial charge in [0.1, 0.15) is 17.0 Å². The quantitative estimate of drug-likeness (QED) is 0.715. The van der Waals surface area contributed by atoms with Crippen LogP contribution in [0, 0.1) is 6.92 Å². The molecule has 2 aliphatic rings. The Balaban J connectivity index is 1.47. The monoisotopic (exact) mass is 394 g/mol. The molecule has 4 heterocycles. The predicted octanol–water partition coefficient (Wildman–Crippen LogP) is 0.121. The Labute approximate surface area is 157 Å². The van der Waals surface area contributed by atoms with Crippen LogP contribution in [0.1, 0.15) is 5.69 Å². The van der Waals surface area contributed by atoms with E-state index in [0.29, 0.717) is 45.3 Å². The van der Waals surface area contributed by atoms with Crippen LogP contribution in [0.2, 0.25) is 0 Å². The highest BCUT2D eigenvalue weighted by Crippen LogP contribution is 2.22. The highest BCUT2D eigenvalue weighted by molar-refractivity contribution is 7.89. The smallest absolute Gasteiger partial charge is 0.248 e. The highest BCUT2D eigenvalue weighted by Gasteiger charge is 2.30. The Kier molecular flexibility index (Phi) is 4.98. The number of aryl methyl sites for hydroxylation is 1. The molecule has 0 amide bonds. The number of nitrogens with zero attached hydrogens (tertiary/aromatic N) is 6. The Morgan fingerprint density at radius 2 is 1.74 bits per heavy atom. The van der Waals surface area contributed by atoms with Gasteiger partial charge in [-0.05, 0) is 6.92 Å². The number of aromatic nitrogens is 3. The maximum atomic E-state index is 12.6. The van der Waals surface area contributed by atoms with E-state index in [1.54, 1.807) is 0 Å². The fraction of sp³-hybridized carbons (Fsp3) is 0.562. The number of rotatable bonds is 4. The van der Waals surface area contributed by atoms with Crippen molar-refractivity contribution >= 4 is 21.8 Å². The molecule has 2 fully saturated rings. The van der Waals surface area contributed by atoms with E-state index in [-0.39, 0.29) is 4.90 Å². The summed E-state index contributed by atoms with van der Waals surface area (Å²) in [6.07, 6.45) is 2.37. The first-order valence-electron chi connectivity index (χ1n) is 8.87. The number of anilines is 2. The summed E-state index contributed by atoms with van der Waals surface area (Å²) in [4.78, 5) is 13.6. The molecule has 2 aliphatic heterocycles. The molecule has 0 aliphatic carbocycles. The van der Waals surface area contributed by atoms with Crippen LogP contribution in [-0.4, -0.2) is 80.3 Å². The number of morpholine rings is 1. The first kappa shape index (κ1) is 18.1. The standard InChI is InChI=1S/C16H22N6O4S/c1-13-10-15(20-6-8-25-9-7-20)19-16(18-13)21-2-4-22(5-3-21)27(23,24)14-11-17-26-12-14/h10-12H,2-9H2,1H3. The van der Waals surface area contributed by atoms with Gasteiger partial charge in [-0.25, -0.2) is 13.4 Å².